The van der Waals surface area contributed by atoms with Gasteiger partial charge in [-0.15, -0.1) is 0 Å². The first-order valence-corrected chi connectivity index (χ1v) is 7.21. The Morgan fingerprint density at radius 2 is 1.94 bits per heavy atom. The van der Waals surface area contributed by atoms with Crippen LogP contribution in [0.15, 0.2) is 22.7 Å². The van der Waals surface area contributed by atoms with Gasteiger partial charge in [0.05, 0.1) is 0 Å². The fourth-order valence-corrected chi connectivity index (χ4v) is 3.32. The van der Waals surface area contributed by atoms with Gasteiger partial charge in [-0.3, -0.25) is 0 Å². The molecule has 1 aliphatic carbocycles. The number of halogens is 3. The third-order valence-electron chi connectivity index (χ3n) is 3.05. The molecule has 0 amide bonds. The Labute approximate surface area is 123 Å². The highest BCUT2D eigenvalue weighted by atomic mass is 79.9. The number of aromatic nitrogens is 2. The van der Waals surface area contributed by atoms with Crippen LogP contribution in [0.4, 0.5) is 0 Å². The molecule has 0 radical (unpaired) electrons. The molecule has 2 nitrogen and oxygen atoms in total. The monoisotopic (exact) mass is 342 g/mol. The Morgan fingerprint density at radius 3 is 2.72 bits per heavy atom. The number of benzene rings is 1. The fraction of sp³-hybridized carbons (Fsp3) is 0.231. The first-order valence-electron chi connectivity index (χ1n) is 5.66. The zero-order valence-electron chi connectivity index (χ0n) is 9.38. The summed E-state index contributed by atoms with van der Waals surface area (Å²) in [6, 6.07) is 5.56. The molecular weight excluding hydrogens is 335 g/mol. The van der Waals surface area contributed by atoms with Gasteiger partial charge in [0.25, 0.3) is 0 Å². The van der Waals surface area contributed by atoms with Gasteiger partial charge in [-0.25, -0.2) is 9.97 Å². The van der Waals surface area contributed by atoms with E-state index in [-0.39, 0.29) is 0 Å². The van der Waals surface area contributed by atoms with Crippen LogP contribution in [-0.2, 0) is 12.8 Å². The highest BCUT2D eigenvalue weighted by molar-refractivity contribution is 9.10. The number of hydrogen-bond donors (Lipinski definition) is 0. The molecule has 0 bridgehead atoms. The van der Waals surface area contributed by atoms with Crippen molar-refractivity contribution in [1.29, 1.82) is 0 Å². The summed E-state index contributed by atoms with van der Waals surface area (Å²) in [4.78, 5) is 8.99. The first-order chi connectivity index (χ1) is 8.65. The molecule has 0 aliphatic heterocycles. The Morgan fingerprint density at radius 1 is 1.11 bits per heavy atom. The lowest BCUT2D eigenvalue weighted by molar-refractivity contribution is 0.900. The normalized spacial score (nSPS) is 13.7. The number of fused-ring (bicyclic) bond motifs is 1. The molecule has 0 fully saturated rings. The van der Waals surface area contributed by atoms with E-state index in [0.29, 0.717) is 16.0 Å². The first kappa shape index (κ1) is 12.4. The van der Waals surface area contributed by atoms with Gasteiger partial charge >= 0.3 is 0 Å². The summed E-state index contributed by atoms with van der Waals surface area (Å²) in [5, 5.41) is 1.26. The lowest BCUT2D eigenvalue weighted by atomic mass is 10.2. The molecule has 18 heavy (non-hydrogen) atoms. The molecule has 1 aromatic carbocycles. The number of aryl methyl sites for hydroxylation is 1. The summed E-state index contributed by atoms with van der Waals surface area (Å²) in [5.41, 5.74) is 3.09. The molecule has 0 N–H and O–H groups in total. The number of nitrogens with zero attached hydrogens (tertiary/aromatic N) is 2. The maximum absolute atomic E-state index is 6.22. The zero-order chi connectivity index (χ0) is 12.7. The third kappa shape index (κ3) is 2.15. The van der Waals surface area contributed by atoms with E-state index in [9.17, 15) is 0 Å². The van der Waals surface area contributed by atoms with E-state index in [4.69, 9.17) is 23.2 Å². The largest absolute Gasteiger partial charge is 0.233 e. The van der Waals surface area contributed by atoms with Gasteiger partial charge in [-0.1, -0.05) is 23.2 Å². The molecule has 0 saturated heterocycles. The topological polar surface area (TPSA) is 25.8 Å². The molecule has 0 unspecified atom stereocenters. The molecule has 0 atom stereocenters. The molecule has 92 valence electrons. The van der Waals surface area contributed by atoms with Crippen molar-refractivity contribution < 1.29 is 0 Å². The fourth-order valence-electron chi connectivity index (χ4n) is 2.18. The van der Waals surface area contributed by atoms with Crippen LogP contribution in [0, 0.1) is 0 Å². The van der Waals surface area contributed by atoms with Gasteiger partial charge in [-0.2, -0.15) is 0 Å². The average molecular weight is 344 g/mol. The van der Waals surface area contributed by atoms with Gasteiger partial charge in [0, 0.05) is 26.3 Å². The van der Waals surface area contributed by atoms with E-state index in [1.807, 2.05) is 18.2 Å². The summed E-state index contributed by atoms with van der Waals surface area (Å²) in [5.74, 6) is 0.657. The quantitative estimate of drug-likeness (QED) is 0.701. The Balaban J connectivity index is 2.15. The van der Waals surface area contributed by atoms with Crippen molar-refractivity contribution in [2.75, 3.05) is 0 Å². The number of hydrogen-bond acceptors (Lipinski definition) is 2. The second-order valence-electron chi connectivity index (χ2n) is 4.24. The highest BCUT2D eigenvalue weighted by Crippen LogP contribution is 2.32. The van der Waals surface area contributed by atoms with Crippen molar-refractivity contribution in [1.82, 2.24) is 9.97 Å². The highest BCUT2D eigenvalue weighted by Gasteiger charge is 2.19. The summed E-state index contributed by atoms with van der Waals surface area (Å²) in [7, 11) is 0. The maximum atomic E-state index is 6.22. The molecule has 0 spiro atoms. The predicted octanol–water partition coefficient (Wildman–Crippen LogP) is 4.70. The molecule has 2 aromatic rings. The van der Waals surface area contributed by atoms with Crippen molar-refractivity contribution in [3.05, 3.63) is 44.1 Å². The van der Waals surface area contributed by atoms with E-state index in [1.54, 1.807) is 0 Å². The Hall–Kier alpha value is -0.640. The van der Waals surface area contributed by atoms with Crippen LogP contribution in [0.5, 0.6) is 0 Å². The van der Waals surface area contributed by atoms with Crippen LogP contribution in [-0.4, -0.2) is 9.97 Å². The van der Waals surface area contributed by atoms with Gasteiger partial charge in [-0.05, 0) is 53.4 Å². The van der Waals surface area contributed by atoms with E-state index < -0.39 is 0 Å². The molecule has 1 aliphatic rings. The smallest absolute Gasteiger partial charge is 0.162 e. The van der Waals surface area contributed by atoms with Crippen LogP contribution in [0.2, 0.25) is 10.2 Å². The van der Waals surface area contributed by atoms with Crippen LogP contribution >= 0.6 is 39.1 Å². The SMILES string of the molecule is Clc1ccc(-c2nc(Cl)c3c(n2)CCC3)c(Br)c1. The minimum atomic E-state index is 0.578. The Bertz CT molecular complexity index is 629. The molecule has 1 aromatic heterocycles. The minimum absolute atomic E-state index is 0.578. The third-order valence-corrected chi connectivity index (χ3v) is 4.26. The summed E-state index contributed by atoms with van der Waals surface area (Å²) in [6.45, 7) is 0. The molecule has 5 heteroatoms. The second-order valence-corrected chi connectivity index (χ2v) is 5.89. The van der Waals surface area contributed by atoms with Gasteiger partial charge in [0.1, 0.15) is 5.15 Å². The molecule has 0 saturated carbocycles. The second kappa shape index (κ2) is 4.80. The lowest BCUT2D eigenvalue weighted by Crippen LogP contribution is -1.97. The van der Waals surface area contributed by atoms with E-state index >= 15 is 0 Å². The molecular formula is C13H9BrCl2N2. The van der Waals surface area contributed by atoms with Crippen molar-refractivity contribution in [2.24, 2.45) is 0 Å². The maximum Gasteiger partial charge on any atom is 0.162 e. The minimum Gasteiger partial charge on any atom is -0.233 e. The van der Waals surface area contributed by atoms with Crippen LogP contribution in [0.3, 0.4) is 0 Å². The van der Waals surface area contributed by atoms with Crippen molar-refractivity contribution in [3.8, 4) is 11.4 Å². The van der Waals surface area contributed by atoms with Gasteiger partial charge in [0.2, 0.25) is 0 Å². The summed E-state index contributed by atoms with van der Waals surface area (Å²) in [6.07, 6.45) is 3.07. The van der Waals surface area contributed by atoms with Gasteiger partial charge in [0.15, 0.2) is 5.82 Å². The van der Waals surface area contributed by atoms with Crippen molar-refractivity contribution in [3.63, 3.8) is 0 Å². The van der Waals surface area contributed by atoms with Gasteiger partial charge < -0.3 is 0 Å². The summed E-state index contributed by atoms with van der Waals surface area (Å²) >= 11 is 15.6. The molecule has 3 rings (SSSR count). The van der Waals surface area contributed by atoms with Crippen LogP contribution in [0.1, 0.15) is 17.7 Å². The standard InChI is InChI=1S/C13H9BrCl2N2/c14-10-6-7(15)4-5-8(10)13-17-11-3-1-2-9(11)12(16)18-13/h4-6H,1-3H2. The average Bonchev–Trinajstić information content (AvgIpc) is 2.77. The van der Waals surface area contributed by atoms with Crippen molar-refractivity contribution in [2.45, 2.75) is 19.3 Å². The summed E-state index contributed by atoms with van der Waals surface area (Å²) < 4.78 is 0.879. The van der Waals surface area contributed by atoms with Crippen molar-refractivity contribution >= 4 is 39.1 Å². The zero-order valence-corrected chi connectivity index (χ0v) is 12.5. The van der Waals surface area contributed by atoms with Crippen LogP contribution < -0.4 is 0 Å². The Kier molecular flexibility index (Phi) is 3.31. The van der Waals surface area contributed by atoms with Crippen LogP contribution in [0.25, 0.3) is 11.4 Å². The lowest BCUT2D eigenvalue weighted by Gasteiger charge is -2.07. The van der Waals surface area contributed by atoms with E-state index in [1.165, 1.54) is 0 Å². The van der Waals surface area contributed by atoms with E-state index in [2.05, 4.69) is 25.9 Å². The molecule has 1 heterocycles. The number of rotatable bonds is 1. The predicted molar refractivity (Wildman–Crippen MR) is 77.2 cm³/mol. The van der Waals surface area contributed by atoms with E-state index in [0.717, 1.165) is 40.6 Å².